The van der Waals surface area contributed by atoms with E-state index < -0.39 is 0 Å². The first-order valence-corrected chi connectivity index (χ1v) is 9.96. The van der Waals surface area contributed by atoms with Crippen molar-refractivity contribution in [3.8, 4) is 22.8 Å². The molecule has 3 aliphatic rings. The van der Waals surface area contributed by atoms with Crippen molar-refractivity contribution in [3.05, 3.63) is 23.4 Å². The number of anilines is 1. The Kier molecular flexibility index (Phi) is 4.52. The molecular weight excluding hydrogens is 358 g/mol. The average Bonchev–Trinajstić information content (AvgIpc) is 3.12. The van der Waals surface area contributed by atoms with Crippen LogP contribution in [0.2, 0.25) is 0 Å². The van der Waals surface area contributed by atoms with E-state index in [0.29, 0.717) is 42.3 Å². The van der Waals surface area contributed by atoms with Gasteiger partial charge in [-0.1, -0.05) is 0 Å². The molecule has 1 atom stereocenters. The number of hydrogen-bond donors (Lipinski definition) is 2. The number of phenolic OH excluding ortho intramolecular Hbond substituents is 1. The molecule has 28 heavy (non-hydrogen) atoms. The molecule has 2 aromatic rings. The van der Waals surface area contributed by atoms with Crippen molar-refractivity contribution in [2.45, 2.75) is 38.3 Å². The van der Waals surface area contributed by atoms with E-state index >= 15 is 0 Å². The first-order chi connectivity index (χ1) is 13.7. The van der Waals surface area contributed by atoms with Gasteiger partial charge in [0.2, 0.25) is 5.95 Å². The van der Waals surface area contributed by atoms with Crippen molar-refractivity contribution in [2.75, 3.05) is 38.2 Å². The summed E-state index contributed by atoms with van der Waals surface area (Å²) in [6, 6.07) is 4.57. The van der Waals surface area contributed by atoms with Gasteiger partial charge in [-0.15, -0.1) is 10.2 Å². The van der Waals surface area contributed by atoms with Crippen LogP contribution in [0.3, 0.4) is 0 Å². The summed E-state index contributed by atoms with van der Waals surface area (Å²) in [5.41, 5.74) is 2.84. The summed E-state index contributed by atoms with van der Waals surface area (Å²) in [5.74, 6) is 1.51. The normalized spacial score (nSPS) is 22.4. The minimum atomic E-state index is 0.223. The zero-order valence-electron chi connectivity index (χ0n) is 16.0. The maximum absolute atomic E-state index is 10.6. The van der Waals surface area contributed by atoms with Gasteiger partial charge in [0.25, 0.3) is 0 Å². The van der Waals surface area contributed by atoms with E-state index in [1.807, 2.05) is 19.1 Å². The highest BCUT2D eigenvalue weighted by molar-refractivity contribution is 5.72. The van der Waals surface area contributed by atoms with E-state index in [4.69, 9.17) is 9.47 Å². The molecule has 0 radical (unpaired) electrons. The zero-order valence-corrected chi connectivity index (χ0v) is 16.0. The number of aromatic nitrogens is 3. The standard InChI is InChI=1S/C20H25N5O3/c1-12-18(16-4-5-17-15(19(16)26)6-8-28-17)23-24-20(21-12)22-13-3-2-7-25(9-13)14-10-27-11-14/h4-5,13-14,26H,2-3,6-11H2,1H3,(H,21,22,24)/t13-/m1/s1. The summed E-state index contributed by atoms with van der Waals surface area (Å²) in [5, 5.41) is 22.7. The molecule has 1 aromatic carbocycles. The molecule has 0 unspecified atom stereocenters. The second-order valence-electron chi connectivity index (χ2n) is 7.78. The molecule has 0 amide bonds. The summed E-state index contributed by atoms with van der Waals surface area (Å²) in [4.78, 5) is 7.10. The Labute approximate surface area is 163 Å². The van der Waals surface area contributed by atoms with Gasteiger partial charge < -0.3 is 19.9 Å². The molecule has 8 heteroatoms. The quantitative estimate of drug-likeness (QED) is 0.825. The molecule has 0 saturated carbocycles. The van der Waals surface area contributed by atoms with Crippen LogP contribution in [0, 0.1) is 6.92 Å². The Hall–Kier alpha value is -2.45. The van der Waals surface area contributed by atoms with Gasteiger partial charge >= 0.3 is 0 Å². The number of phenols is 1. The second-order valence-corrected chi connectivity index (χ2v) is 7.78. The molecule has 0 spiro atoms. The summed E-state index contributed by atoms with van der Waals surface area (Å²) in [6.07, 6.45) is 2.96. The lowest BCUT2D eigenvalue weighted by Crippen LogP contribution is -2.54. The maximum atomic E-state index is 10.6. The van der Waals surface area contributed by atoms with Crippen LogP contribution >= 0.6 is 0 Å². The fourth-order valence-electron chi connectivity index (χ4n) is 4.24. The SMILES string of the molecule is Cc1nc(N[C@@H]2CCCN(C3COC3)C2)nnc1-c1ccc2c(c1O)CCO2. The van der Waals surface area contributed by atoms with E-state index in [1.165, 1.54) is 0 Å². The van der Waals surface area contributed by atoms with Gasteiger partial charge in [-0.05, 0) is 38.4 Å². The van der Waals surface area contributed by atoms with E-state index in [1.54, 1.807) is 0 Å². The minimum absolute atomic E-state index is 0.223. The summed E-state index contributed by atoms with van der Waals surface area (Å²) in [7, 11) is 0. The summed E-state index contributed by atoms with van der Waals surface area (Å²) in [6.45, 7) is 6.29. The lowest BCUT2D eigenvalue weighted by atomic mass is 10.0. The highest BCUT2D eigenvalue weighted by Gasteiger charge is 2.30. The Bertz CT molecular complexity index is 886. The molecule has 3 aliphatic heterocycles. The smallest absolute Gasteiger partial charge is 0.243 e. The van der Waals surface area contributed by atoms with Crippen LogP contribution in [0.4, 0.5) is 5.95 Å². The second kappa shape index (κ2) is 7.18. The molecule has 4 heterocycles. The fourth-order valence-corrected chi connectivity index (χ4v) is 4.24. The molecule has 148 valence electrons. The number of nitrogens with zero attached hydrogens (tertiary/aromatic N) is 4. The van der Waals surface area contributed by atoms with Crippen molar-refractivity contribution in [1.82, 2.24) is 20.1 Å². The van der Waals surface area contributed by atoms with Crippen LogP contribution in [0.15, 0.2) is 12.1 Å². The number of aromatic hydroxyl groups is 1. The number of benzene rings is 1. The number of likely N-dealkylation sites (tertiary alicyclic amines) is 1. The molecule has 2 saturated heterocycles. The molecule has 0 bridgehead atoms. The highest BCUT2D eigenvalue weighted by Crippen LogP contribution is 2.40. The predicted octanol–water partition coefficient (Wildman–Crippen LogP) is 1.76. The van der Waals surface area contributed by atoms with Crippen molar-refractivity contribution in [1.29, 1.82) is 0 Å². The van der Waals surface area contributed by atoms with Crippen LogP contribution in [0.5, 0.6) is 11.5 Å². The number of hydrogen-bond acceptors (Lipinski definition) is 8. The average molecular weight is 383 g/mol. The van der Waals surface area contributed by atoms with Crippen molar-refractivity contribution in [3.63, 3.8) is 0 Å². The molecule has 0 aliphatic carbocycles. The zero-order chi connectivity index (χ0) is 19.1. The maximum Gasteiger partial charge on any atom is 0.243 e. The highest BCUT2D eigenvalue weighted by atomic mass is 16.5. The molecule has 2 fully saturated rings. The Morgan fingerprint density at radius 2 is 2.14 bits per heavy atom. The van der Waals surface area contributed by atoms with E-state index in [9.17, 15) is 5.11 Å². The third kappa shape index (κ3) is 3.16. The summed E-state index contributed by atoms with van der Waals surface area (Å²) >= 11 is 0. The predicted molar refractivity (Wildman–Crippen MR) is 104 cm³/mol. The monoisotopic (exact) mass is 383 g/mol. The van der Waals surface area contributed by atoms with E-state index in [-0.39, 0.29) is 5.75 Å². The third-order valence-corrected chi connectivity index (χ3v) is 5.89. The van der Waals surface area contributed by atoms with E-state index in [2.05, 4.69) is 25.4 Å². The van der Waals surface area contributed by atoms with Gasteiger partial charge in [-0.25, -0.2) is 4.98 Å². The molecular formula is C20H25N5O3. The Balaban J connectivity index is 1.33. The molecule has 2 N–H and O–H groups in total. The lowest BCUT2D eigenvalue weighted by Gasteiger charge is -2.42. The first-order valence-electron chi connectivity index (χ1n) is 9.96. The van der Waals surface area contributed by atoms with Gasteiger partial charge in [-0.3, -0.25) is 4.90 Å². The number of fused-ring (bicyclic) bond motifs is 1. The van der Waals surface area contributed by atoms with Gasteiger partial charge in [0, 0.05) is 30.1 Å². The van der Waals surface area contributed by atoms with Crippen LogP contribution < -0.4 is 10.1 Å². The molecule has 8 nitrogen and oxygen atoms in total. The number of nitrogens with one attached hydrogen (secondary N) is 1. The Morgan fingerprint density at radius 3 is 2.93 bits per heavy atom. The number of rotatable bonds is 4. The number of piperidine rings is 1. The number of aryl methyl sites for hydroxylation is 1. The van der Waals surface area contributed by atoms with Gasteiger partial charge in [0.05, 0.1) is 31.6 Å². The van der Waals surface area contributed by atoms with E-state index in [0.717, 1.165) is 56.2 Å². The van der Waals surface area contributed by atoms with Gasteiger partial charge in [-0.2, -0.15) is 0 Å². The molecule has 5 rings (SSSR count). The lowest BCUT2D eigenvalue weighted by molar-refractivity contribution is -0.0710. The number of ether oxygens (including phenoxy) is 2. The molecule has 1 aromatic heterocycles. The minimum Gasteiger partial charge on any atom is -0.507 e. The van der Waals surface area contributed by atoms with Crippen LogP contribution in [-0.4, -0.2) is 70.2 Å². The van der Waals surface area contributed by atoms with Gasteiger partial charge in [0.15, 0.2) is 0 Å². The summed E-state index contributed by atoms with van der Waals surface area (Å²) < 4.78 is 10.8. The van der Waals surface area contributed by atoms with Crippen LogP contribution in [-0.2, 0) is 11.2 Å². The van der Waals surface area contributed by atoms with Crippen LogP contribution in [0.25, 0.3) is 11.3 Å². The van der Waals surface area contributed by atoms with Crippen molar-refractivity contribution < 1.29 is 14.6 Å². The van der Waals surface area contributed by atoms with Crippen LogP contribution in [0.1, 0.15) is 24.1 Å². The fraction of sp³-hybridized carbons (Fsp3) is 0.550. The largest absolute Gasteiger partial charge is 0.507 e. The third-order valence-electron chi connectivity index (χ3n) is 5.89. The van der Waals surface area contributed by atoms with Crippen molar-refractivity contribution >= 4 is 5.95 Å². The Morgan fingerprint density at radius 1 is 1.25 bits per heavy atom. The van der Waals surface area contributed by atoms with Crippen molar-refractivity contribution in [2.24, 2.45) is 0 Å². The van der Waals surface area contributed by atoms with Gasteiger partial charge in [0.1, 0.15) is 17.2 Å². The topological polar surface area (TPSA) is 92.6 Å². The first kappa shape index (κ1) is 17.6.